The Labute approximate surface area is 96.4 Å². The Balaban J connectivity index is 2.24. The van der Waals surface area contributed by atoms with E-state index in [1.54, 1.807) is 17.0 Å². The molecule has 1 fully saturated rings. The number of nitriles is 1. The Morgan fingerprint density at radius 2 is 2.07 bits per heavy atom. The fraction of sp³-hybridized carbons (Fsp3) is 0.273. The third-order valence-corrected chi connectivity index (χ3v) is 3.30. The summed E-state index contributed by atoms with van der Waals surface area (Å²) in [6, 6.07) is 9.12. The van der Waals surface area contributed by atoms with Crippen molar-refractivity contribution in [2.24, 2.45) is 0 Å². The lowest BCUT2D eigenvalue weighted by Crippen LogP contribution is -2.26. The van der Waals surface area contributed by atoms with Crippen LogP contribution in [0.3, 0.4) is 0 Å². The van der Waals surface area contributed by atoms with Gasteiger partial charge >= 0.3 is 0 Å². The van der Waals surface area contributed by atoms with E-state index < -0.39 is 0 Å². The zero-order valence-electron chi connectivity index (χ0n) is 7.98. The maximum absolute atomic E-state index is 11.7. The van der Waals surface area contributed by atoms with E-state index in [9.17, 15) is 4.79 Å². The van der Waals surface area contributed by atoms with Gasteiger partial charge in [0.05, 0.1) is 16.5 Å². The predicted octanol–water partition coefficient (Wildman–Crippen LogP) is 2.06. The number of anilines is 1. The van der Waals surface area contributed by atoms with Crippen LogP contribution in [-0.2, 0) is 4.79 Å². The first kappa shape index (κ1) is 10.2. The number of carbonyl (C=O) groups is 1. The summed E-state index contributed by atoms with van der Waals surface area (Å²) in [5, 5.41) is 8.65. The first-order valence-electron chi connectivity index (χ1n) is 4.68. The van der Waals surface area contributed by atoms with E-state index in [2.05, 4.69) is 22.0 Å². The normalized spacial score (nSPS) is 20.4. The Bertz CT molecular complexity index is 421. The highest BCUT2D eigenvalue weighted by Crippen LogP contribution is 2.25. The van der Waals surface area contributed by atoms with Gasteiger partial charge in [0.2, 0.25) is 5.91 Å². The molecule has 0 N–H and O–H groups in total. The van der Waals surface area contributed by atoms with Crippen LogP contribution in [0.4, 0.5) is 5.69 Å². The molecule has 15 heavy (non-hydrogen) atoms. The van der Waals surface area contributed by atoms with Gasteiger partial charge in [0.15, 0.2) is 0 Å². The zero-order valence-corrected chi connectivity index (χ0v) is 9.57. The second kappa shape index (κ2) is 4.03. The van der Waals surface area contributed by atoms with Crippen molar-refractivity contribution < 1.29 is 4.79 Å². The van der Waals surface area contributed by atoms with Gasteiger partial charge < -0.3 is 4.90 Å². The van der Waals surface area contributed by atoms with E-state index in [1.165, 1.54) is 0 Å². The molecule has 0 radical (unpaired) electrons. The number of carbonyl (C=O) groups excluding carboxylic acids is 1. The third-order valence-electron chi connectivity index (χ3n) is 2.45. The van der Waals surface area contributed by atoms with Crippen molar-refractivity contribution in [3.63, 3.8) is 0 Å². The van der Waals surface area contributed by atoms with E-state index in [-0.39, 0.29) is 10.7 Å². The summed E-state index contributed by atoms with van der Waals surface area (Å²) in [4.78, 5) is 13.3. The Kier molecular flexibility index (Phi) is 2.74. The summed E-state index contributed by atoms with van der Waals surface area (Å²) in [5.74, 6) is 0.0970. The molecule has 1 aromatic carbocycles. The minimum atomic E-state index is -0.0619. The van der Waals surface area contributed by atoms with Gasteiger partial charge in [-0.3, -0.25) is 4.79 Å². The van der Waals surface area contributed by atoms with Gasteiger partial charge in [-0.25, -0.2) is 0 Å². The predicted molar refractivity (Wildman–Crippen MR) is 60.8 cm³/mol. The number of hydrogen-bond acceptors (Lipinski definition) is 2. The van der Waals surface area contributed by atoms with Crippen LogP contribution in [0.15, 0.2) is 24.3 Å². The molecule has 0 saturated carbocycles. The molecule has 2 rings (SSSR count). The molecule has 1 heterocycles. The molecule has 1 amide bonds. The lowest BCUT2D eigenvalue weighted by Gasteiger charge is -2.15. The summed E-state index contributed by atoms with van der Waals surface area (Å²) in [6.07, 6.45) is 0.832. The largest absolute Gasteiger partial charge is 0.311 e. The van der Waals surface area contributed by atoms with Gasteiger partial charge in [0.25, 0.3) is 0 Å². The van der Waals surface area contributed by atoms with Gasteiger partial charge in [0, 0.05) is 12.2 Å². The maximum atomic E-state index is 11.7. The Hall–Kier alpha value is -1.34. The number of alkyl halides is 1. The van der Waals surface area contributed by atoms with Gasteiger partial charge in [-0.05, 0) is 30.7 Å². The molecule has 0 aliphatic carbocycles. The van der Waals surface area contributed by atoms with Crippen LogP contribution in [0.2, 0.25) is 0 Å². The summed E-state index contributed by atoms with van der Waals surface area (Å²) >= 11 is 3.33. The monoisotopic (exact) mass is 264 g/mol. The van der Waals surface area contributed by atoms with Gasteiger partial charge in [-0.1, -0.05) is 15.9 Å². The Morgan fingerprint density at radius 1 is 1.40 bits per heavy atom. The molecule has 1 aliphatic heterocycles. The van der Waals surface area contributed by atoms with Crippen LogP contribution in [0.5, 0.6) is 0 Å². The lowest BCUT2D eigenvalue weighted by atomic mass is 10.2. The summed E-state index contributed by atoms with van der Waals surface area (Å²) < 4.78 is 0. The fourth-order valence-corrected chi connectivity index (χ4v) is 2.07. The van der Waals surface area contributed by atoms with E-state index >= 15 is 0 Å². The molecule has 0 spiro atoms. The number of hydrogen-bond donors (Lipinski definition) is 0. The SMILES string of the molecule is N#Cc1ccc(N2CC[C@@H](Br)C2=O)cc1. The number of rotatable bonds is 1. The maximum Gasteiger partial charge on any atom is 0.240 e. The van der Waals surface area contributed by atoms with Crippen LogP contribution in [-0.4, -0.2) is 17.3 Å². The molecule has 0 aromatic heterocycles. The summed E-state index contributed by atoms with van der Waals surface area (Å²) in [5.41, 5.74) is 1.47. The summed E-state index contributed by atoms with van der Waals surface area (Å²) in [6.45, 7) is 0.737. The second-order valence-electron chi connectivity index (χ2n) is 3.40. The molecular formula is C11H9BrN2O. The minimum Gasteiger partial charge on any atom is -0.311 e. The molecule has 0 unspecified atom stereocenters. The van der Waals surface area contributed by atoms with Crippen molar-refractivity contribution in [1.82, 2.24) is 0 Å². The quantitative estimate of drug-likeness (QED) is 0.729. The topological polar surface area (TPSA) is 44.1 Å². The van der Waals surface area contributed by atoms with Crippen molar-refractivity contribution in [1.29, 1.82) is 5.26 Å². The van der Waals surface area contributed by atoms with E-state index in [0.717, 1.165) is 18.7 Å². The lowest BCUT2D eigenvalue weighted by molar-refractivity contribution is -0.116. The standard InChI is InChI=1S/C11H9BrN2O/c12-10-5-6-14(11(10)15)9-3-1-8(7-13)2-4-9/h1-4,10H,5-6H2/t10-/m1/s1. The molecule has 1 aromatic rings. The third kappa shape index (κ3) is 1.88. The highest BCUT2D eigenvalue weighted by molar-refractivity contribution is 9.10. The van der Waals surface area contributed by atoms with Crippen LogP contribution in [0.25, 0.3) is 0 Å². The second-order valence-corrected chi connectivity index (χ2v) is 4.51. The van der Waals surface area contributed by atoms with Crippen LogP contribution >= 0.6 is 15.9 Å². The smallest absolute Gasteiger partial charge is 0.240 e. The molecule has 1 saturated heterocycles. The van der Waals surface area contributed by atoms with E-state index in [1.807, 2.05) is 12.1 Å². The highest BCUT2D eigenvalue weighted by Gasteiger charge is 2.30. The Morgan fingerprint density at radius 3 is 2.53 bits per heavy atom. The van der Waals surface area contributed by atoms with E-state index in [4.69, 9.17) is 5.26 Å². The van der Waals surface area contributed by atoms with Crippen molar-refractivity contribution >= 4 is 27.5 Å². The average Bonchev–Trinajstić information content (AvgIpc) is 2.60. The van der Waals surface area contributed by atoms with Crippen molar-refractivity contribution in [3.8, 4) is 6.07 Å². The number of amides is 1. The zero-order chi connectivity index (χ0) is 10.8. The number of nitrogens with zero attached hydrogens (tertiary/aromatic N) is 2. The minimum absolute atomic E-state index is 0.0619. The molecule has 76 valence electrons. The molecule has 0 bridgehead atoms. The van der Waals surface area contributed by atoms with Crippen LogP contribution < -0.4 is 4.90 Å². The molecule has 4 heteroatoms. The van der Waals surface area contributed by atoms with Crippen molar-refractivity contribution in [2.75, 3.05) is 11.4 Å². The van der Waals surface area contributed by atoms with Crippen molar-refractivity contribution in [2.45, 2.75) is 11.2 Å². The fourth-order valence-electron chi connectivity index (χ4n) is 1.62. The van der Waals surface area contributed by atoms with Gasteiger partial charge in [-0.15, -0.1) is 0 Å². The van der Waals surface area contributed by atoms with E-state index in [0.29, 0.717) is 5.56 Å². The van der Waals surface area contributed by atoms with Crippen molar-refractivity contribution in [3.05, 3.63) is 29.8 Å². The van der Waals surface area contributed by atoms with Gasteiger partial charge in [0.1, 0.15) is 0 Å². The summed E-state index contributed by atoms with van der Waals surface area (Å²) in [7, 11) is 0. The number of benzene rings is 1. The highest BCUT2D eigenvalue weighted by atomic mass is 79.9. The molecular weight excluding hydrogens is 256 g/mol. The molecule has 1 atom stereocenters. The molecule has 3 nitrogen and oxygen atoms in total. The average molecular weight is 265 g/mol. The van der Waals surface area contributed by atoms with Gasteiger partial charge in [-0.2, -0.15) is 5.26 Å². The first-order valence-corrected chi connectivity index (χ1v) is 5.59. The van der Waals surface area contributed by atoms with Crippen LogP contribution in [0, 0.1) is 11.3 Å². The number of halogens is 1. The van der Waals surface area contributed by atoms with Crippen LogP contribution in [0.1, 0.15) is 12.0 Å². The first-order chi connectivity index (χ1) is 7.22. The molecule has 1 aliphatic rings.